The zero-order valence-corrected chi connectivity index (χ0v) is 18.2. The highest BCUT2D eigenvalue weighted by atomic mass is 19.4. The lowest BCUT2D eigenvalue weighted by Gasteiger charge is -2.22. The van der Waals surface area contributed by atoms with E-state index in [1.165, 1.54) is 36.4 Å². The fraction of sp³-hybridized carbons (Fsp3) is 0.364. The predicted molar refractivity (Wildman–Crippen MR) is 111 cm³/mol. The molecule has 9 nitrogen and oxygen atoms in total. The van der Waals surface area contributed by atoms with E-state index in [4.69, 9.17) is 4.42 Å². The Labute approximate surface area is 192 Å². The molecule has 4 rings (SSSR count). The summed E-state index contributed by atoms with van der Waals surface area (Å²) < 4.78 is 50.2. The number of nitrogens with zero attached hydrogens (tertiary/aromatic N) is 4. The molecule has 3 heterocycles. The van der Waals surface area contributed by atoms with Crippen LogP contribution < -0.4 is 5.32 Å². The number of furan rings is 1. The molecule has 0 unspecified atom stereocenters. The van der Waals surface area contributed by atoms with Crippen LogP contribution in [0.2, 0.25) is 0 Å². The summed E-state index contributed by atoms with van der Waals surface area (Å²) >= 11 is 0. The summed E-state index contributed by atoms with van der Waals surface area (Å²) in [6, 6.07) is 5.81. The molecule has 0 spiro atoms. The number of esters is 1. The quantitative estimate of drug-likeness (QED) is 0.522. The number of methoxy groups -OCH3 is 1. The topological polar surface area (TPSA) is 102 Å². The van der Waals surface area contributed by atoms with Crippen molar-refractivity contribution in [1.82, 2.24) is 25.2 Å². The van der Waals surface area contributed by atoms with Gasteiger partial charge in [-0.15, -0.1) is 5.10 Å². The maximum absolute atomic E-state index is 13.1. The smallest absolute Gasteiger partial charge is 0.416 e. The highest BCUT2D eigenvalue weighted by Crippen LogP contribution is 2.30. The van der Waals surface area contributed by atoms with Gasteiger partial charge >= 0.3 is 12.1 Å². The Morgan fingerprint density at radius 1 is 1.26 bits per heavy atom. The molecule has 1 amide bonds. The number of aromatic nitrogens is 3. The first-order chi connectivity index (χ1) is 16.2. The van der Waals surface area contributed by atoms with Crippen LogP contribution in [0.1, 0.15) is 39.6 Å². The summed E-state index contributed by atoms with van der Waals surface area (Å²) in [7, 11) is 1.24. The summed E-state index contributed by atoms with van der Waals surface area (Å²) in [5, 5.41) is 10.6. The summed E-state index contributed by atoms with van der Waals surface area (Å²) in [6.45, 7) is 0.823. The molecular formula is C22H22F3N5O4. The number of ether oxygens (including phenoxy) is 1. The van der Waals surface area contributed by atoms with Crippen molar-refractivity contribution in [2.45, 2.75) is 37.8 Å². The summed E-state index contributed by atoms with van der Waals surface area (Å²) in [4.78, 5) is 26.7. The molecule has 3 aromatic rings. The largest absolute Gasteiger partial charge is 0.472 e. The first kappa shape index (κ1) is 23.5. The van der Waals surface area contributed by atoms with Crippen LogP contribution in [0.3, 0.4) is 0 Å². The lowest BCUT2D eigenvalue weighted by molar-refractivity contribution is -0.137. The molecule has 180 valence electrons. The van der Waals surface area contributed by atoms with Crippen molar-refractivity contribution >= 4 is 11.9 Å². The van der Waals surface area contributed by atoms with Crippen molar-refractivity contribution in [1.29, 1.82) is 0 Å². The van der Waals surface area contributed by atoms with Gasteiger partial charge in [-0.25, -0.2) is 9.48 Å². The maximum Gasteiger partial charge on any atom is 0.416 e. The molecule has 1 N–H and O–H groups in total. The molecule has 12 heteroatoms. The van der Waals surface area contributed by atoms with E-state index in [0.717, 1.165) is 17.7 Å². The fourth-order valence-corrected chi connectivity index (χ4v) is 3.95. The molecule has 1 fully saturated rings. The number of benzene rings is 1. The minimum Gasteiger partial charge on any atom is -0.472 e. The molecule has 0 saturated carbocycles. The van der Waals surface area contributed by atoms with Gasteiger partial charge in [0.25, 0.3) is 0 Å². The third kappa shape index (κ3) is 5.28. The van der Waals surface area contributed by atoms with Crippen LogP contribution in [0.4, 0.5) is 13.2 Å². The number of halogens is 3. The fourth-order valence-electron chi connectivity index (χ4n) is 3.95. The Balaban J connectivity index is 1.47. The third-order valence-corrected chi connectivity index (χ3v) is 5.65. The zero-order chi connectivity index (χ0) is 24.3. The number of carbonyl (C=O) groups is 2. The standard InChI is InChI=1S/C22H22F3N5O4/c1-33-21(32)18-12-30(28-27-18)17-8-19(29(11-17)10-15-5-6-34-13-15)20(31)26-9-14-3-2-4-16(7-14)22(23,24)25/h2-7,12-13,17,19H,8-11H2,1H3,(H,26,31)/t17-,19+/m1/s1. The van der Waals surface area contributed by atoms with Crippen molar-refractivity contribution in [3.05, 3.63) is 71.4 Å². The second kappa shape index (κ2) is 9.67. The molecule has 1 aromatic carbocycles. The van der Waals surface area contributed by atoms with E-state index >= 15 is 0 Å². The van der Waals surface area contributed by atoms with Crippen LogP contribution in [0.15, 0.2) is 53.5 Å². The van der Waals surface area contributed by atoms with E-state index in [9.17, 15) is 22.8 Å². The van der Waals surface area contributed by atoms with E-state index in [0.29, 0.717) is 25.1 Å². The number of nitrogens with one attached hydrogen (secondary N) is 1. The second-order valence-electron chi connectivity index (χ2n) is 7.96. The van der Waals surface area contributed by atoms with Gasteiger partial charge in [0.2, 0.25) is 5.91 Å². The lowest BCUT2D eigenvalue weighted by Crippen LogP contribution is -2.42. The van der Waals surface area contributed by atoms with Crippen molar-refractivity contribution in [2.75, 3.05) is 13.7 Å². The molecule has 0 bridgehead atoms. The van der Waals surface area contributed by atoms with Crippen LogP contribution in [-0.4, -0.2) is 51.5 Å². The first-order valence-electron chi connectivity index (χ1n) is 10.4. The maximum atomic E-state index is 13.1. The van der Waals surface area contributed by atoms with Crippen LogP contribution in [-0.2, 0) is 28.8 Å². The highest BCUT2D eigenvalue weighted by molar-refractivity contribution is 5.86. The van der Waals surface area contributed by atoms with Gasteiger partial charge in [0.05, 0.1) is 43.5 Å². The average Bonchev–Trinajstić information content (AvgIpc) is 3.58. The monoisotopic (exact) mass is 477 g/mol. The van der Waals surface area contributed by atoms with Crippen LogP contribution in [0, 0.1) is 0 Å². The Kier molecular flexibility index (Phi) is 6.68. The number of rotatable bonds is 7. The van der Waals surface area contributed by atoms with Gasteiger partial charge in [0.15, 0.2) is 5.69 Å². The van der Waals surface area contributed by atoms with Gasteiger partial charge in [0.1, 0.15) is 0 Å². The van der Waals surface area contributed by atoms with Gasteiger partial charge in [-0.1, -0.05) is 17.3 Å². The molecule has 1 aliphatic rings. The van der Waals surface area contributed by atoms with Crippen LogP contribution in [0.25, 0.3) is 0 Å². The highest BCUT2D eigenvalue weighted by Gasteiger charge is 2.38. The van der Waals surface area contributed by atoms with E-state index in [2.05, 4.69) is 20.4 Å². The SMILES string of the molecule is COC(=O)c1cn([C@@H]2C[C@@H](C(=O)NCc3cccc(C(F)(F)F)c3)N(Cc3ccoc3)C2)nn1. The minimum absolute atomic E-state index is 0.0424. The van der Waals surface area contributed by atoms with Crippen LogP contribution >= 0.6 is 0 Å². The van der Waals surface area contributed by atoms with Gasteiger partial charge in [0, 0.05) is 25.2 Å². The minimum atomic E-state index is -4.46. The van der Waals surface area contributed by atoms with Crippen molar-refractivity contribution in [2.24, 2.45) is 0 Å². The molecule has 1 aliphatic heterocycles. The number of hydrogen-bond donors (Lipinski definition) is 1. The Hall–Kier alpha value is -3.67. The van der Waals surface area contributed by atoms with Crippen molar-refractivity contribution < 1.29 is 31.9 Å². The average molecular weight is 477 g/mol. The molecule has 34 heavy (non-hydrogen) atoms. The number of alkyl halides is 3. The molecule has 0 aliphatic carbocycles. The first-order valence-corrected chi connectivity index (χ1v) is 10.4. The normalized spacial score (nSPS) is 18.7. The number of hydrogen-bond acceptors (Lipinski definition) is 7. The zero-order valence-electron chi connectivity index (χ0n) is 18.2. The Morgan fingerprint density at radius 3 is 2.79 bits per heavy atom. The predicted octanol–water partition coefficient (Wildman–Crippen LogP) is 2.81. The number of carbonyl (C=O) groups excluding carboxylic acids is 2. The Morgan fingerprint density at radius 2 is 2.09 bits per heavy atom. The second-order valence-corrected chi connectivity index (χ2v) is 7.96. The molecule has 1 saturated heterocycles. The molecular weight excluding hydrogens is 455 g/mol. The van der Waals surface area contributed by atoms with E-state index < -0.39 is 23.8 Å². The third-order valence-electron chi connectivity index (χ3n) is 5.65. The molecule has 0 radical (unpaired) electrons. The van der Waals surface area contributed by atoms with Crippen molar-refractivity contribution in [3.63, 3.8) is 0 Å². The van der Waals surface area contributed by atoms with Gasteiger partial charge in [-0.3, -0.25) is 9.69 Å². The summed E-state index contributed by atoms with van der Waals surface area (Å²) in [6.07, 6.45) is 0.494. The van der Waals surface area contributed by atoms with E-state index in [1.807, 2.05) is 4.90 Å². The number of amides is 1. The van der Waals surface area contributed by atoms with Gasteiger partial charge < -0.3 is 14.5 Å². The molecule has 2 aromatic heterocycles. The van der Waals surface area contributed by atoms with E-state index in [-0.39, 0.29) is 24.2 Å². The van der Waals surface area contributed by atoms with E-state index in [1.54, 1.807) is 12.3 Å². The summed E-state index contributed by atoms with van der Waals surface area (Å²) in [5.41, 5.74) is 0.499. The van der Waals surface area contributed by atoms with Crippen molar-refractivity contribution in [3.8, 4) is 0 Å². The van der Waals surface area contributed by atoms with Gasteiger partial charge in [-0.2, -0.15) is 13.2 Å². The summed E-state index contributed by atoms with van der Waals surface area (Å²) in [5.74, 6) is -0.938. The molecule has 2 atom stereocenters. The van der Waals surface area contributed by atoms with Gasteiger partial charge in [-0.05, 0) is 30.2 Å². The Bertz CT molecular complexity index is 1150. The lowest BCUT2D eigenvalue weighted by atomic mass is 10.1. The number of likely N-dealkylation sites (tertiary alicyclic amines) is 1. The van der Waals surface area contributed by atoms with Crippen LogP contribution in [0.5, 0.6) is 0 Å².